The van der Waals surface area contributed by atoms with Gasteiger partial charge in [-0.1, -0.05) is 42.5 Å². The zero-order chi connectivity index (χ0) is 31.6. The summed E-state index contributed by atoms with van der Waals surface area (Å²) >= 11 is 0. The number of ether oxygens (including phenoxy) is 3. The van der Waals surface area contributed by atoms with Crippen LogP contribution in [0.25, 0.3) is 11.1 Å². The van der Waals surface area contributed by atoms with Gasteiger partial charge in [-0.2, -0.15) is 0 Å². The molecular weight excluding hydrogens is 564 g/mol. The number of amides is 2. The van der Waals surface area contributed by atoms with Gasteiger partial charge in [-0.05, 0) is 84.7 Å². The van der Waals surface area contributed by atoms with Crippen molar-refractivity contribution in [3.05, 3.63) is 82.9 Å². The maximum Gasteiger partial charge on any atom is 0.408 e. The van der Waals surface area contributed by atoms with Crippen LogP contribution in [0.15, 0.2) is 60.7 Å². The quantitative estimate of drug-likeness (QED) is 0.210. The normalized spacial score (nSPS) is 12.9. The van der Waals surface area contributed by atoms with Gasteiger partial charge >= 0.3 is 18.0 Å². The Morgan fingerprint density at radius 2 is 1.80 bits per heavy atom. The van der Waals surface area contributed by atoms with Gasteiger partial charge in [0.25, 0.3) is 0 Å². The van der Waals surface area contributed by atoms with Crippen molar-refractivity contribution in [2.75, 3.05) is 25.2 Å². The van der Waals surface area contributed by atoms with Crippen molar-refractivity contribution in [1.29, 1.82) is 0 Å². The Hall–Kier alpha value is -4.86. The van der Waals surface area contributed by atoms with Crippen LogP contribution in [0, 0.1) is 13.8 Å². The van der Waals surface area contributed by atoms with E-state index in [9.17, 15) is 19.2 Å². The smallest absolute Gasteiger partial charge is 0.408 e. The molecule has 1 atom stereocenters. The number of esters is 1. The Labute approximate surface area is 256 Å². The molecule has 0 radical (unpaired) electrons. The molecule has 2 amide bonds. The van der Waals surface area contributed by atoms with Gasteiger partial charge in [0.1, 0.15) is 18.4 Å². The Balaban J connectivity index is 1.39. The first-order valence-electron chi connectivity index (χ1n) is 14.6. The predicted molar refractivity (Wildman–Crippen MR) is 165 cm³/mol. The summed E-state index contributed by atoms with van der Waals surface area (Å²) in [7, 11) is 1.11. The third-order valence-corrected chi connectivity index (χ3v) is 7.66. The summed E-state index contributed by atoms with van der Waals surface area (Å²) < 4.78 is 15.8. The van der Waals surface area contributed by atoms with Crippen LogP contribution in [0.4, 0.5) is 10.5 Å². The molecule has 1 heterocycles. The number of fused-ring (bicyclic) bond motifs is 1. The fraction of sp³-hybridized carbons (Fsp3) is 0.353. The van der Waals surface area contributed by atoms with Crippen LogP contribution in [0.2, 0.25) is 0 Å². The van der Waals surface area contributed by atoms with Crippen molar-refractivity contribution >= 4 is 29.6 Å². The number of nitrogens with one attached hydrogen (secondary N) is 1. The lowest BCUT2D eigenvalue weighted by Gasteiger charge is -2.31. The number of carbonyl (C=O) groups is 4. The second-order valence-electron chi connectivity index (χ2n) is 10.7. The number of nitrogens with zero attached hydrogens (tertiary/aromatic N) is 1. The average Bonchev–Trinajstić information content (AvgIpc) is 3.02. The lowest BCUT2D eigenvalue weighted by Crippen LogP contribution is -2.43. The molecule has 0 spiro atoms. The first-order chi connectivity index (χ1) is 21.2. The molecule has 10 nitrogen and oxygen atoms in total. The Morgan fingerprint density at radius 1 is 1.02 bits per heavy atom. The number of methoxy groups -OCH3 is 1. The molecule has 0 aromatic heterocycles. The maximum atomic E-state index is 13.3. The number of carboxylic acids is 1. The summed E-state index contributed by atoms with van der Waals surface area (Å²) in [6, 6.07) is 18.1. The van der Waals surface area contributed by atoms with Crippen molar-refractivity contribution in [3.63, 3.8) is 0 Å². The van der Waals surface area contributed by atoms with Crippen LogP contribution in [-0.4, -0.2) is 55.3 Å². The average molecular weight is 603 g/mol. The summed E-state index contributed by atoms with van der Waals surface area (Å²) in [5, 5.41) is 11.2. The van der Waals surface area contributed by atoms with E-state index in [1.807, 2.05) is 73.3 Å². The third-order valence-electron chi connectivity index (χ3n) is 7.66. The second-order valence-corrected chi connectivity index (χ2v) is 10.7. The van der Waals surface area contributed by atoms with E-state index in [-0.39, 0.29) is 12.5 Å². The summed E-state index contributed by atoms with van der Waals surface area (Å²) in [5.74, 6) is -1.23. The van der Waals surface area contributed by atoms with Crippen LogP contribution in [0.1, 0.15) is 47.9 Å². The highest BCUT2D eigenvalue weighted by Gasteiger charge is 2.26. The number of aliphatic carboxylic acids is 1. The highest BCUT2D eigenvalue weighted by atomic mass is 16.6. The van der Waals surface area contributed by atoms with E-state index in [1.54, 1.807) is 6.07 Å². The zero-order valence-corrected chi connectivity index (χ0v) is 25.3. The molecule has 1 aliphatic rings. The summed E-state index contributed by atoms with van der Waals surface area (Å²) in [6.45, 7) is 5.11. The zero-order valence-electron chi connectivity index (χ0n) is 25.3. The standard InChI is InChI=1S/C34H38N2O8/c1-22-9-4-15-30(23(22)2)43-18-8-16-31(37)36-17-7-13-27-26(12-6-14-29(27)36)25-11-5-10-24(19-25)21-44-34(41)35-28(20-32(38)39)33(40)42-3/h4-6,9-12,14-15,19,28H,7-8,13,16-18,20-21H2,1-3H3,(H,35,41)(H,38,39)/t28-/m0/s1. The molecular formula is C34H38N2O8. The molecule has 3 aromatic carbocycles. The van der Waals surface area contributed by atoms with E-state index >= 15 is 0 Å². The van der Waals surface area contributed by atoms with Gasteiger partial charge in [-0.15, -0.1) is 0 Å². The minimum absolute atomic E-state index is 0.0639. The molecule has 2 N–H and O–H groups in total. The van der Waals surface area contributed by atoms with Crippen LogP contribution >= 0.6 is 0 Å². The second kappa shape index (κ2) is 15.0. The molecule has 232 valence electrons. The summed E-state index contributed by atoms with van der Waals surface area (Å²) in [5.41, 5.74) is 6.89. The number of benzene rings is 3. The lowest BCUT2D eigenvalue weighted by atomic mass is 9.91. The molecule has 44 heavy (non-hydrogen) atoms. The van der Waals surface area contributed by atoms with Crippen molar-refractivity contribution in [1.82, 2.24) is 5.32 Å². The Morgan fingerprint density at radius 3 is 2.57 bits per heavy atom. The first kappa shape index (κ1) is 32.1. The van der Waals surface area contributed by atoms with Gasteiger partial charge in [-0.25, -0.2) is 9.59 Å². The molecule has 0 aliphatic carbocycles. The largest absolute Gasteiger partial charge is 0.493 e. The molecule has 0 bridgehead atoms. The van der Waals surface area contributed by atoms with Crippen molar-refractivity contribution < 1.29 is 38.5 Å². The number of hydrogen-bond acceptors (Lipinski definition) is 7. The van der Waals surface area contributed by atoms with Crippen LogP contribution in [-0.2, 0) is 36.9 Å². The number of alkyl carbamates (subject to hydrolysis) is 1. The lowest BCUT2D eigenvalue weighted by molar-refractivity contribution is -0.148. The van der Waals surface area contributed by atoms with Gasteiger partial charge < -0.3 is 29.5 Å². The predicted octanol–water partition coefficient (Wildman–Crippen LogP) is 5.35. The topological polar surface area (TPSA) is 131 Å². The van der Waals surface area contributed by atoms with Crippen molar-refractivity contribution in [2.24, 2.45) is 0 Å². The minimum atomic E-state index is -1.36. The van der Waals surface area contributed by atoms with Gasteiger partial charge in [-0.3, -0.25) is 9.59 Å². The summed E-state index contributed by atoms with van der Waals surface area (Å²) in [6.07, 6.45) is 1.10. The van der Waals surface area contributed by atoms with E-state index in [0.29, 0.717) is 31.6 Å². The number of carboxylic acid groups (broad SMARTS) is 1. The third kappa shape index (κ3) is 8.15. The van der Waals surface area contributed by atoms with Gasteiger partial charge in [0.05, 0.1) is 20.1 Å². The fourth-order valence-electron chi connectivity index (χ4n) is 5.25. The number of carbonyl (C=O) groups excluding carboxylic acids is 3. The minimum Gasteiger partial charge on any atom is -0.493 e. The molecule has 0 saturated carbocycles. The molecule has 3 aromatic rings. The molecule has 10 heteroatoms. The van der Waals surface area contributed by atoms with Crippen LogP contribution < -0.4 is 15.0 Å². The van der Waals surface area contributed by atoms with E-state index in [2.05, 4.69) is 10.1 Å². The van der Waals surface area contributed by atoms with Gasteiger partial charge in [0, 0.05) is 18.7 Å². The highest BCUT2D eigenvalue weighted by Crippen LogP contribution is 2.36. The van der Waals surface area contributed by atoms with Crippen molar-refractivity contribution in [2.45, 2.75) is 58.6 Å². The molecule has 4 rings (SSSR count). The maximum absolute atomic E-state index is 13.3. The SMILES string of the molecule is COC(=O)[C@H](CC(=O)O)NC(=O)OCc1cccc(-c2cccc3c2CCCN3C(=O)CCCOc2cccc(C)c2C)c1. The van der Waals surface area contributed by atoms with E-state index < -0.39 is 30.5 Å². The summed E-state index contributed by atoms with van der Waals surface area (Å²) in [4.78, 5) is 50.3. The van der Waals surface area contributed by atoms with E-state index in [0.717, 1.165) is 53.6 Å². The number of hydrogen-bond donors (Lipinski definition) is 2. The molecule has 1 aliphatic heterocycles. The van der Waals surface area contributed by atoms with E-state index in [1.165, 1.54) is 5.56 Å². The Kier molecular flexibility index (Phi) is 11.0. The fourth-order valence-corrected chi connectivity index (χ4v) is 5.25. The number of anilines is 1. The van der Waals surface area contributed by atoms with Crippen LogP contribution in [0.5, 0.6) is 5.75 Å². The Bertz CT molecular complexity index is 1520. The first-order valence-corrected chi connectivity index (χ1v) is 14.6. The van der Waals surface area contributed by atoms with Crippen LogP contribution in [0.3, 0.4) is 0 Å². The van der Waals surface area contributed by atoms with Gasteiger partial charge in [0.15, 0.2) is 0 Å². The highest BCUT2D eigenvalue weighted by molar-refractivity contribution is 5.96. The van der Waals surface area contributed by atoms with E-state index in [4.69, 9.17) is 14.6 Å². The molecule has 0 unspecified atom stereocenters. The van der Waals surface area contributed by atoms with Gasteiger partial charge in [0.2, 0.25) is 5.91 Å². The van der Waals surface area contributed by atoms with Crippen molar-refractivity contribution in [3.8, 4) is 16.9 Å². The molecule has 0 saturated heterocycles. The molecule has 0 fully saturated rings. The number of rotatable bonds is 12. The number of aryl methyl sites for hydroxylation is 1. The monoisotopic (exact) mass is 602 g/mol.